The normalized spacial score (nSPS) is 24.3. The minimum atomic E-state index is -3.25. The van der Waals surface area contributed by atoms with Crippen molar-refractivity contribution in [2.45, 2.75) is 60.7 Å². The molecular formula is C16H20N4O4S. The van der Waals surface area contributed by atoms with Gasteiger partial charge in [0.2, 0.25) is 0 Å². The molecule has 0 saturated heterocycles. The Morgan fingerprint density at radius 2 is 2.04 bits per heavy atom. The van der Waals surface area contributed by atoms with Crippen LogP contribution in [0.2, 0.25) is 0 Å². The monoisotopic (exact) mass is 364 g/mol. The van der Waals surface area contributed by atoms with Crippen LogP contribution >= 0.6 is 0 Å². The maximum Gasteiger partial charge on any atom is 0.404 e. The van der Waals surface area contributed by atoms with E-state index in [1.807, 2.05) is 4.40 Å². The van der Waals surface area contributed by atoms with E-state index in [0.29, 0.717) is 17.0 Å². The van der Waals surface area contributed by atoms with Gasteiger partial charge in [0.15, 0.2) is 15.5 Å². The van der Waals surface area contributed by atoms with Gasteiger partial charge in [-0.15, -0.1) is 10.2 Å². The van der Waals surface area contributed by atoms with Crippen LogP contribution in [-0.2, 0) is 14.6 Å². The molecule has 2 atom stereocenters. The summed E-state index contributed by atoms with van der Waals surface area (Å²) in [5.41, 5.74) is 5.64. The maximum atomic E-state index is 12.4. The summed E-state index contributed by atoms with van der Waals surface area (Å²) in [4.78, 5) is 11.3. The van der Waals surface area contributed by atoms with Crippen LogP contribution in [-0.4, -0.2) is 40.5 Å². The molecule has 4 rings (SSSR count). The van der Waals surface area contributed by atoms with E-state index in [9.17, 15) is 13.2 Å². The Labute approximate surface area is 145 Å². The van der Waals surface area contributed by atoms with Gasteiger partial charge in [-0.1, -0.05) is 0 Å². The number of fused-ring (bicyclic) bond motifs is 1. The Hall–Kier alpha value is -2.16. The number of hydrogen-bond acceptors (Lipinski definition) is 6. The highest BCUT2D eigenvalue weighted by molar-refractivity contribution is 7.92. The average molecular weight is 364 g/mol. The maximum absolute atomic E-state index is 12.4. The molecule has 2 saturated carbocycles. The number of aromatic nitrogens is 3. The summed E-state index contributed by atoms with van der Waals surface area (Å²) in [7, 11) is -3.25. The highest BCUT2D eigenvalue weighted by Crippen LogP contribution is 2.35. The Bertz CT molecular complexity index is 919. The van der Waals surface area contributed by atoms with Crippen molar-refractivity contribution in [3.05, 3.63) is 24.2 Å². The second kappa shape index (κ2) is 5.98. The molecule has 0 spiro atoms. The molecule has 8 nitrogen and oxygen atoms in total. The van der Waals surface area contributed by atoms with E-state index in [1.54, 1.807) is 18.3 Å². The number of carbonyl (C=O) groups excluding carboxylic acids is 1. The topological polar surface area (TPSA) is 117 Å². The number of pyridine rings is 1. The van der Waals surface area contributed by atoms with Gasteiger partial charge in [0, 0.05) is 18.2 Å². The van der Waals surface area contributed by atoms with Crippen LogP contribution in [0.4, 0.5) is 4.79 Å². The van der Waals surface area contributed by atoms with Gasteiger partial charge < -0.3 is 10.5 Å². The molecule has 2 N–H and O–H groups in total. The minimum Gasteiger partial charge on any atom is -0.446 e. The lowest BCUT2D eigenvalue weighted by molar-refractivity contribution is 0.0758. The third-order valence-corrected chi connectivity index (χ3v) is 7.23. The highest BCUT2D eigenvalue weighted by atomic mass is 32.2. The fourth-order valence-corrected chi connectivity index (χ4v) is 5.23. The van der Waals surface area contributed by atoms with Crippen molar-refractivity contribution in [2.24, 2.45) is 5.73 Å². The van der Waals surface area contributed by atoms with Crippen LogP contribution in [0.1, 0.15) is 50.3 Å². The van der Waals surface area contributed by atoms with Crippen molar-refractivity contribution in [1.29, 1.82) is 0 Å². The van der Waals surface area contributed by atoms with Crippen molar-refractivity contribution in [1.82, 2.24) is 14.6 Å². The average Bonchev–Trinajstić information content (AvgIpc) is 3.35. The first-order chi connectivity index (χ1) is 11.9. The summed E-state index contributed by atoms with van der Waals surface area (Å²) >= 11 is 0. The third kappa shape index (κ3) is 3.08. The third-order valence-electron chi connectivity index (χ3n) is 4.97. The van der Waals surface area contributed by atoms with Gasteiger partial charge in [0.05, 0.1) is 10.1 Å². The van der Waals surface area contributed by atoms with E-state index in [4.69, 9.17) is 10.5 Å². The van der Waals surface area contributed by atoms with Gasteiger partial charge in [-0.2, -0.15) is 0 Å². The van der Waals surface area contributed by atoms with Gasteiger partial charge >= 0.3 is 6.09 Å². The number of primary amides is 1. The van der Waals surface area contributed by atoms with Crippen LogP contribution in [0.25, 0.3) is 5.65 Å². The van der Waals surface area contributed by atoms with E-state index >= 15 is 0 Å². The summed E-state index contributed by atoms with van der Waals surface area (Å²) in [6.07, 6.45) is 5.48. The molecule has 0 aromatic carbocycles. The van der Waals surface area contributed by atoms with E-state index in [2.05, 4.69) is 10.2 Å². The number of carbonyl (C=O) groups is 1. The number of rotatable bonds is 4. The number of hydrogen-bond donors (Lipinski definition) is 1. The van der Waals surface area contributed by atoms with Crippen molar-refractivity contribution in [3.8, 4) is 0 Å². The fourth-order valence-electron chi connectivity index (χ4n) is 3.57. The first kappa shape index (κ1) is 16.3. The lowest BCUT2D eigenvalue weighted by Crippen LogP contribution is -2.28. The highest BCUT2D eigenvalue weighted by Gasteiger charge is 2.37. The zero-order chi connectivity index (χ0) is 17.6. The molecule has 134 valence electrons. The van der Waals surface area contributed by atoms with Crippen LogP contribution in [0.5, 0.6) is 0 Å². The number of nitrogens with two attached hydrogens (primary N) is 1. The van der Waals surface area contributed by atoms with Crippen molar-refractivity contribution in [3.63, 3.8) is 0 Å². The van der Waals surface area contributed by atoms with Gasteiger partial charge in [0.1, 0.15) is 11.9 Å². The number of nitrogens with zero attached hydrogens (tertiary/aromatic N) is 3. The van der Waals surface area contributed by atoms with E-state index < -0.39 is 15.9 Å². The van der Waals surface area contributed by atoms with Gasteiger partial charge in [-0.05, 0) is 44.6 Å². The number of sulfone groups is 1. The zero-order valence-corrected chi connectivity index (χ0v) is 14.5. The van der Waals surface area contributed by atoms with E-state index in [1.165, 1.54) is 0 Å². The zero-order valence-electron chi connectivity index (χ0n) is 13.7. The second-order valence-electron chi connectivity index (χ2n) is 6.82. The largest absolute Gasteiger partial charge is 0.446 e. The van der Waals surface area contributed by atoms with Gasteiger partial charge in [-0.3, -0.25) is 4.40 Å². The molecule has 2 heterocycles. The molecular weight excluding hydrogens is 344 g/mol. The summed E-state index contributed by atoms with van der Waals surface area (Å²) in [5.74, 6) is 0.863. The molecule has 25 heavy (non-hydrogen) atoms. The molecule has 0 aliphatic heterocycles. The number of amides is 1. The summed E-state index contributed by atoms with van der Waals surface area (Å²) in [6.45, 7) is 0. The molecule has 9 heteroatoms. The molecule has 0 bridgehead atoms. The predicted molar refractivity (Wildman–Crippen MR) is 88.9 cm³/mol. The SMILES string of the molecule is NC(=O)O[C@@H]1CCC[C@H](c2nnc3cc(S(=O)(=O)C4CC4)ccn23)C1. The molecule has 1 amide bonds. The first-order valence-corrected chi connectivity index (χ1v) is 10.0. The van der Waals surface area contributed by atoms with E-state index in [0.717, 1.165) is 37.9 Å². The van der Waals surface area contributed by atoms with Crippen LogP contribution in [0, 0.1) is 0 Å². The molecule has 2 fully saturated rings. The predicted octanol–water partition coefficient (Wildman–Crippen LogP) is 1.79. The second-order valence-corrected chi connectivity index (χ2v) is 9.04. The summed E-state index contributed by atoms with van der Waals surface area (Å²) < 4.78 is 31.7. The van der Waals surface area contributed by atoms with Crippen LogP contribution in [0.3, 0.4) is 0 Å². The molecule has 2 aromatic rings. The number of ether oxygens (including phenoxy) is 1. The van der Waals surface area contributed by atoms with Crippen molar-refractivity contribution in [2.75, 3.05) is 0 Å². The lowest BCUT2D eigenvalue weighted by Gasteiger charge is -2.27. The Morgan fingerprint density at radius 1 is 1.24 bits per heavy atom. The minimum absolute atomic E-state index is 0.0963. The molecule has 2 aliphatic rings. The fraction of sp³-hybridized carbons (Fsp3) is 0.562. The molecule has 2 aromatic heterocycles. The lowest BCUT2D eigenvalue weighted by atomic mass is 9.86. The van der Waals surface area contributed by atoms with E-state index in [-0.39, 0.29) is 17.3 Å². The standard InChI is InChI=1S/C16H20N4O4S/c17-16(21)24-11-3-1-2-10(8-11)15-19-18-14-9-13(6-7-20(14)15)25(22,23)12-4-5-12/h6-7,9-12H,1-5,8H2,(H2,17,21)/t10-,11+/m0/s1. The molecule has 0 radical (unpaired) electrons. The summed E-state index contributed by atoms with van der Waals surface area (Å²) in [5, 5.41) is 8.16. The van der Waals surface area contributed by atoms with Crippen LogP contribution < -0.4 is 5.73 Å². The molecule has 2 aliphatic carbocycles. The van der Waals surface area contributed by atoms with Crippen molar-refractivity contribution < 1.29 is 17.9 Å². The Balaban J connectivity index is 1.62. The van der Waals surface area contributed by atoms with Crippen molar-refractivity contribution >= 4 is 21.6 Å². The Kier molecular flexibility index (Phi) is 3.90. The first-order valence-electron chi connectivity index (χ1n) is 8.50. The molecule has 0 unspecified atom stereocenters. The van der Waals surface area contributed by atoms with Crippen LogP contribution in [0.15, 0.2) is 23.2 Å². The quantitative estimate of drug-likeness (QED) is 0.884. The van der Waals surface area contributed by atoms with Gasteiger partial charge in [-0.25, -0.2) is 13.2 Å². The smallest absolute Gasteiger partial charge is 0.404 e. The summed E-state index contributed by atoms with van der Waals surface area (Å²) in [6, 6.07) is 3.21. The van der Waals surface area contributed by atoms with Gasteiger partial charge in [0.25, 0.3) is 0 Å². The Morgan fingerprint density at radius 3 is 2.76 bits per heavy atom.